The molecule has 0 radical (unpaired) electrons. The van der Waals surface area contributed by atoms with Gasteiger partial charge in [-0.05, 0) is 48.7 Å². The number of aliphatic hydroxyl groups is 3. The average molecular weight is 521 g/mol. The first kappa shape index (κ1) is 28.4. The van der Waals surface area contributed by atoms with Crippen molar-refractivity contribution in [2.75, 3.05) is 6.61 Å². The third-order valence-corrected chi connectivity index (χ3v) is 6.82. The number of hydrogen-bond donors (Lipinski definition) is 3. The number of ether oxygens (including phenoxy) is 3. The van der Waals surface area contributed by atoms with Gasteiger partial charge in [-0.1, -0.05) is 69.3 Å². The van der Waals surface area contributed by atoms with Crippen LogP contribution < -0.4 is 4.74 Å². The quantitative estimate of drug-likeness (QED) is 0.281. The van der Waals surface area contributed by atoms with Crippen LogP contribution in [0, 0.1) is 5.92 Å². The van der Waals surface area contributed by atoms with Crippen molar-refractivity contribution >= 4 is 17.6 Å². The molecule has 1 unspecified atom stereocenters. The lowest BCUT2D eigenvalue weighted by atomic mass is 9.92. The van der Waals surface area contributed by atoms with E-state index in [2.05, 4.69) is 6.92 Å². The van der Waals surface area contributed by atoms with E-state index >= 15 is 0 Å². The number of aliphatic hydroxyl groups excluding tert-OH is 3. The molecular weight excluding hydrogens is 484 g/mol. The van der Waals surface area contributed by atoms with Crippen LogP contribution in [0.5, 0.6) is 5.75 Å². The molecule has 36 heavy (non-hydrogen) atoms. The van der Waals surface area contributed by atoms with E-state index in [1.165, 1.54) is 0 Å². The van der Waals surface area contributed by atoms with E-state index in [0.717, 1.165) is 37.0 Å². The maximum absolute atomic E-state index is 12.6. The van der Waals surface area contributed by atoms with Gasteiger partial charge in [0.15, 0.2) is 0 Å². The molecule has 2 aromatic rings. The largest absolute Gasteiger partial charge is 0.494 e. The number of carbonyl (C=O) groups excluding carboxylic acids is 1. The second-order valence-electron chi connectivity index (χ2n) is 9.28. The zero-order chi connectivity index (χ0) is 26.2. The highest BCUT2D eigenvalue weighted by molar-refractivity contribution is 6.33. The molecule has 3 N–H and O–H groups in total. The highest BCUT2D eigenvalue weighted by Gasteiger charge is 2.46. The SMILES string of the molecule is CCCCCCC(C)C(=O)O[C@H]1O[C@@H](c2ccc(Cl)c(-c3ccc(OCC)cc3)c2)[C@H](O)[C@@H](O)[C@@H]1O. The lowest BCUT2D eigenvalue weighted by Crippen LogP contribution is -2.55. The number of benzene rings is 2. The first-order chi connectivity index (χ1) is 17.3. The van der Waals surface area contributed by atoms with Crippen LogP contribution in [-0.2, 0) is 14.3 Å². The van der Waals surface area contributed by atoms with Gasteiger partial charge in [0.05, 0.1) is 12.5 Å². The Morgan fingerprint density at radius 2 is 1.72 bits per heavy atom. The summed E-state index contributed by atoms with van der Waals surface area (Å²) >= 11 is 6.46. The summed E-state index contributed by atoms with van der Waals surface area (Å²) in [5.74, 6) is -0.146. The number of rotatable bonds is 11. The minimum absolute atomic E-state index is 0.373. The normalized spacial score (nSPS) is 24.8. The molecule has 1 saturated heterocycles. The molecule has 1 aliphatic rings. The second kappa shape index (κ2) is 13.4. The van der Waals surface area contributed by atoms with Gasteiger partial charge in [-0.25, -0.2) is 0 Å². The molecular formula is C28H37ClO7. The zero-order valence-corrected chi connectivity index (χ0v) is 21.9. The molecule has 1 fully saturated rings. The molecule has 198 valence electrons. The van der Waals surface area contributed by atoms with Gasteiger partial charge in [0.1, 0.15) is 30.2 Å². The maximum Gasteiger partial charge on any atom is 0.311 e. The Morgan fingerprint density at radius 1 is 1.00 bits per heavy atom. The third-order valence-electron chi connectivity index (χ3n) is 6.49. The van der Waals surface area contributed by atoms with Crippen molar-refractivity contribution < 1.29 is 34.3 Å². The molecule has 3 rings (SSSR count). The van der Waals surface area contributed by atoms with Crippen molar-refractivity contribution in [1.82, 2.24) is 0 Å². The second-order valence-corrected chi connectivity index (χ2v) is 9.69. The number of hydrogen-bond acceptors (Lipinski definition) is 7. The average Bonchev–Trinajstić information content (AvgIpc) is 2.88. The molecule has 0 spiro atoms. The molecule has 0 bridgehead atoms. The monoisotopic (exact) mass is 520 g/mol. The number of esters is 1. The van der Waals surface area contributed by atoms with Gasteiger partial charge >= 0.3 is 5.97 Å². The first-order valence-corrected chi connectivity index (χ1v) is 13.1. The molecule has 6 atom stereocenters. The minimum Gasteiger partial charge on any atom is -0.494 e. The van der Waals surface area contributed by atoms with Crippen LogP contribution in [0.15, 0.2) is 42.5 Å². The Labute approximate surface area is 218 Å². The smallest absolute Gasteiger partial charge is 0.311 e. The Kier molecular flexibility index (Phi) is 10.6. The number of carbonyl (C=O) groups is 1. The number of halogens is 1. The summed E-state index contributed by atoms with van der Waals surface area (Å²) < 4.78 is 16.8. The van der Waals surface area contributed by atoms with E-state index in [1.807, 2.05) is 31.2 Å². The van der Waals surface area contributed by atoms with Crippen LogP contribution in [0.2, 0.25) is 5.02 Å². The molecule has 1 heterocycles. The van der Waals surface area contributed by atoms with Crippen molar-refractivity contribution in [3.05, 3.63) is 53.1 Å². The van der Waals surface area contributed by atoms with Gasteiger partial charge in [-0.15, -0.1) is 0 Å². The van der Waals surface area contributed by atoms with Gasteiger partial charge in [-0.3, -0.25) is 4.79 Å². The molecule has 2 aromatic carbocycles. The van der Waals surface area contributed by atoms with Crippen molar-refractivity contribution in [2.45, 2.75) is 83.6 Å². The molecule has 1 aliphatic heterocycles. The third kappa shape index (κ3) is 6.99. The highest BCUT2D eigenvalue weighted by atomic mass is 35.5. The van der Waals surface area contributed by atoms with Crippen LogP contribution in [0.25, 0.3) is 11.1 Å². The summed E-state index contributed by atoms with van der Waals surface area (Å²) in [6.45, 7) is 6.37. The predicted molar refractivity (Wildman–Crippen MR) is 138 cm³/mol. The van der Waals surface area contributed by atoms with Gasteiger partial charge < -0.3 is 29.5 Å². The van der Waals surface area contributed by atoms with Crippen molar-refractivity contribution in [3.8, 4) is 16.9 Å². The van der Waals surface area contributed by atoms with Crippen LogP contribution in [0.1, 0.15) is 64.5 Å². The predicted octanol–water partition coefficient (Wildman–Crippen LogP) is 5.04. The Morgan fingerprint density at radius 3 is 2.39 bits per heavy atom. The minimum atomic E-state index is -1.58. The standard InChI is InChI=1S/C28H37ClO7/c1-4-6-7-8-9-17(3)27(33)36-28-25(32)23(30)24(31)26(35-28)19-12-15-22(29)21(16-19)18-10-13-20(14-11-18)34-5-2/h10-17,23-26,28,30-32H,4-9H2,1-3H3/t17?,23-,24-,25+,26+,28-/m1/s1. The molecule has 8 heteroatoms. The van der Waals surface area contributed by atoms with Crippen molar-refractivity contribution in [2.24, 2.45) is 5.92 Å². The zero-order valence-electron chi connectivity index (χ0n) is 21.1. The number of unbranched alkanes of at least 4 members (excludes halogenated alkanes) is 3. The van der Waals surface area contributed by atoms with Crippen LogP contribution in [0.3, 0.4) is 0 Å². The van der Waals surface area contributed by atoms with E-state index < -0.39 is 36.7 Å². The fourth-order valence-corrected chi connectivity index (χ4v) is 4.51. The van der Waals surface area contributed by atoms with Gasteiger partial charge in [0.25, 0.3) is 0 Å². The van der Waals surface area contributed by atoms with E-state index in [0.29, 0.717) is 29.2 Å². The van der Waals surface area contributed by atoms with E-state index in [4.69, 9.17) is 25.8 Å². The lowest BCUT2D eigenvalue weighted by Gasteiger charge is -2.40. The Hall–Kier alpha value is -2.16. The summed E-state index contributed by atoms with van der Waals surface area (Å²) in [4.78, 5) is 12.6. The summed E-state index contributed by atoms with van der Waals surface area (Å²) in [5, 5.41) is 32.1. The Balaban J connectivity index is 1.76. The topological polar surface area (TPSA) is 105 Å². The molecule has 7 nitrogen and oxygen atoms in total. The van der Waals surface area contributed by atoms with E-state index in [-0.39, 0.29) is 5.92 Å². The maximum atomic E-state index is 12.6. The van der Waals surface area contributed by atoms with Crippen LogP contribution >= 0.6 is 11.6 Å². The lowest BCUT2D eigenvalue weighted by molar-refractivity contribution is -0.292. The van der Waals surface area contributed by atoms with Crippen molar-refractivity contribution in [1.29, 1.82) is 0 Å². The van der Waals surface area contributed by atoms with Crippen LogP contribution in [-0.4, -0.2) is 52.5 Å². The summed E-state index contributed by atoms with van der Waals surface area (Å²) in [7, 11) is 0. The Bertz CT molecular complexity index is 980. The van der Waals surface area contributed by atoms with E-state index in [9.17, 15) is 20.1 Å². The van der Waals surface area contributed by atoms with Gasteiger partial charge in [0, 0.05) is 10.6 Å². The van der Waals surface area contributed by atoms with Crippen LogP contribution in [0.4, 0.5) is 0 Å². The molecule has 0 amide bonds. The van der Waals surface area contributed by atoms with Gasteiger partial charge in [0.2, 0.25) is 6.29 Å². The van der Waals surface area contributed by atoms with Gasteiger partial charge in [-0.2, -0.15) is 0 Å². The fraction of sp³-hybridized carbons (Fsp3) is 0.536. The summed E-state index contributed by atoms with van der Waals surface area (Å²) in [5.41, 5.74) is 2.05. The molecule has 0 saturated carbocycles. The van der Waals surface area contributed by atoms with E-state index in [1.54, 1.807) is 25.1 Å². The van der Waals surface area contributed by atoms with Crippen molar-refractivity contribution in [3.63, 3.8) is 0 Å². The summed E-state index contributed by atoms with van der Waals surface area (Å²) in [6, 6.07) is 12.5. The summed E-state index contributed by atoms with van der Waals surface area (Å²) in [6.07, 6.45) is -2.21. The highest BCUT2D eigenvalue weighted by Crippen LogP contribution is 2.37. The first-order valence-electron chi connectivity index (χ1n) is 12.7. The molecule has 0 aromatic heterocycles. The molecule has 0 aliphatic carbocycles. The fourth-order valence-electron chi connectivity index (χ4n) is 4.29.